The summed E-state index contributed by atoms with van der Waals surface area (Å²) in [6.07, 6.45) is 0. The first-order chi connectivity index (χ1) is 1.73. The number of carbonyl (C=O) groups is 1. The molecule has 24 valence electrons. The zero-order valence-electron chi connectivity index (χ0n) is 4.02. The first kappa shape index (κ1) is 15.7. The van der Waals surface area contributed by atoms with Crippen molar-refractivity contribution in [3.05, 3.63) is 0 Å². The van der Waals surface area contributed by atoms with Crippen LogP contribution in [0, 0.1) is 0 Å². The number of aliphatic carboxylic acids is 1. The van der Waals surface area contributed by atoms with Crippen LogP contribution in [0.1, 0.15) is 6.92 Å². The second kappa shape index (κ2) is 9.59. The van der Waals surface area contributed by atoms with E-state index in [1.807, 2.05) is 0 Å². The van der Waals surface area contributed by atoms with Gasteiger partial charge in [0, 0.05) is 5.97 Å². The number of carboxylic acid groups (broad SMARTS) is 1. The summed E-state index contributed by atoms with van der Waals surface area (Å²) >= 11 is 0. The summed E-state index contributed by atoms with van der Waals surface area (Å²) in [6.45, 7) is 0.972. The van der Waals surface area contributed by atoms with E-state index in [1.54, 1.807) is 0 Å². The second-order valence-corrected chi connectivity index (χ2v) is 0.492. The van der Waals surface area contributed by atoms with Crippen LogP contribution in [0.2, 0.25) is 0 Å². The Balaban J connectivity index is -0.0000000450. The molecule has 2 nitrogen and oxygen atoms in total. The van der Waals surface area contributed by atoms with E-state index in [2.05, 4.69) is 0 Å². The molecule has 0 fully saturated rings. The van der Waals surface area contributed by atoms with Crippen LogP contribution in [0.25, 0.3) is 0 Å². The van der Waals surface area contributed by atoms with Gasteiger partial charge in [-0.2, -0.15) is 0 Å². The van der Waals surface area contributed by atoms with Gasteiger partial charge in [0.1, 0.15) is 0 Å². The van der Waals surface area contributed by atoms with Crippen LogP contribution >= 0.6 is 0 Å². The fourth-order valence-electron chi connectivity index (χ4n) is 0. The Labute approximate surface area is 78.5 Å². The molecule has 0 aliphatic heterocycles. The van der Waals surface area contributed by atoms with Crippen LogP contribution in [-0.2, 0) is 4.79 Å². The molecule has 0 rings (SSSR count). The average Bonchev–Trinajstić information content (AvgIpc) is 0.811. The Bertz CT molecular complexity index is 34.5. The molecule has 0 bridgehead atoms. The Morgan fingerprint density at radius 1 is 1.67 bits per heavy atom. The van der Waals surface area contributed by atoms with Gasteiger partial charge < -0.3 is 9.90 Å². The average molecular weight is 106 g/mol. The van der Waals surface area contributed by atoms with Crippen molar-refractivity contribution in [3.8, 4) is 0 Å². The van der Waals surface area contributed by atoms with Crippen LogP contribution in [0.3, 0.4) is 0 Å². The smallest absolute Gasteiger partial charge is 0.550 e. The monoisotopic (exact) mass is 106 g/mol. The SMILES string of the molecule is CC(=O)[O-].[Ca+2].[Li+]. The number of carbonyl (C=O) groups excluding carboxylic acids is 1. The number of rotatable bonds is 0. The summed E-state index contributed by atoms with van der Waals surface area (Å²) in [7, 11) is 0. The molecule has 0 N–H and O–H groups in total. The van der Waals surface area contributed by atoms with Crippen molar-refractivity contribution in [3.63, 3.8) is 0 Å². The summed E-state index contributed by atoms with van der Waals surface area (Å²) in [5, 5.41) is 8.89. The molecule has 6 heavy (non-hydrogen) atoms. The summed E-state index contributed by atoms with van der Waals surface area (Å²) in [5.74, 6) is -1.08. The van der Waals surface area contributed by atoms with Gasteiger partial charge >= 0.3 is 56.6 Å². The van der Waals surface area contributed by atoms with Gasteiger partial charge in [0.25, 0.3) is 0 Å². The number of hydrogen-bond acceptors (Lipinski definition) is 2. The second-order valence-electron chi connectivity index (χ2n) is 0.492. The standard InChI is InChI=1S/C2H4O2.Ca.Li/c1-2(3)4;;/h1H3,(H,3,4);;/q;+2;+1/p-1. The van der Waals surface area contributed by atoms with Gasteiger partial charge in [-0.05, 0) is 6.92 Å². The summed E-state index contributed by atoms with van der Waals surface area (Å²) in [5.41, 5.74) is 0. The van der Waals surface area contributed by atoms with E-state index in [-0.39, 0.29) is 56.6 Å². The van der Waals surface area contributed by atoms with E-state index in [1.165, 1.54) is 0 Å². The predicted molar refractivity (Wildman–Crippen MR) is 16.4 cm³/mol. The first-order valence-electron chi connectivity index (χ1n) is 0.908. The molecular formula is C2H3CaLiO2+2. The topological polar surface area (TPSA) is 40.1 Å². The van der Waals surface area contributed by atoms with Crippen molar-refractivity contribution in [2.75, 3.05) is 0 Å². The van der Waals surface area contributed by atoms with Gasteiger partial charge in [-0.1, -0.05) is 0 Å². The normalized spacial score (nSPS) is 4.17. The van der Waals surface area contributed by atoms with Gasteiger partial charge in [0.05, 0.1) is 0 Å². The van der Waals surface area contributed by atoms with E-state index in [0.29, 0.717) is 0 Å². The number of carboxylic acids is 1. The molecule has 0 aliphatic rings. The van der Waals surface area contributed by atoms with Gasteiger partial charge in [-0.15, -0.1) is 0 Å². The fourth-order valence-corrected chi connectivity index (χ4v) is 0. The molecule has 0 heterocycles. The van der Waals surface area contributed by atoms with Crippen molar-refractivity contribution in [2.24, 2.45) is 0 Å². The van der Waals surface area contributed by atoms with E-state index in [4.69, 9.17) is 9.90 Å². The maximum Gasteiger partial charge on any atom is 2.00 e. The van der Waals surface area contributed by atoms with E-state index in [0.717, 1.165) is 6.92 Å². The maximum absolute atomic E-state index is 8.89. The first-order valence-corrected chi connectivity index (χ1v) is 0.908. The van der Waals surface area contributed by atoms with Gasteiger partial charge in [-0.25, -0.2) is 0 Å². The molecule has 0 spiro atoms. The molecule has 0 saturated carbocycles. The third kappa shape index (κ3) is 56.6. The van der Waals surface area contributed by atoms with Crippen molar-refractivity contribution in [1.29, 1.82) is 0 Å². The summed E-state index contributed by atoms with van der Waals surface area (Å²) < 4.78 is 0. The van der Waals surface area contributed by atoms with Crippen LogP contribution in [0.4, 0.5) is 0 Å². The van der Waals surface area contributed by atoms with Crippen molar-refractivity contribution < 1.29 is 28.8 Å². The van der Waals surface area contributed by atoms with Gasteiger partial charge in [-0.3, -0.25) is 0 Å². The molecule has 0 unspecified atom stereocenters. The van der Waals surface area contributed by atoms with Gasteiger partial charge in [0.15, 0.2) is 0 Å². The maximum atomic E-state index is 8.89. The van der Waals surface area contributed by atoms with Crippen molar-refractivity contribution in [2.45, 2.75) is 6.92 Å². The van der Waals surface area contributed by atoms with Crippen molar-refractivity contribution in [1.82, 2.24) is 0 Å². The van der Waals surface area contributed by atoms with Crippen LogP contribution in [-0.4, -0.2) is 43.7 Å². The predicted octanol–water partition coefficient (Wildman–Crippen LogP) is -4.62. The van der Waals surface area contributed by atoms with Gasteiger partial charge in [0.2, 0.25) is 0 Å². The molecule has 4 heteroatoms. The van der Waals surface area contributed by atoms with Crippen LogP contribution < -0.4 is 24.0 Å². The minimum Gasteiger partial charge on any atom is -0.550 e. The minimum atomic E-state index is -1.08. The third-order valence-corrected chi connectivity index (χ3v) is 0. The Hall–Kier alpha value is 1.33. The summed E-state index contributed by atoms with van der Waals surface area (Å²) in [4.78, 5) is 8.89. The molecule has 0 aliphatic carbocycles. The minimum absolute atomic E-state index is 0. The van der Waals surface area contributed by atoms with E-state index >= 15 is 0 Å². The molecule has 0 radical (unpaired) electrons. The molecule has 0 aromatic rings. The number of hydrogen-bond donors (Lipinski definition) is 0. The molecule has 0 amide bonds. The molecule has 0 aromatic heterocycles. The molecule has 0 atom stereocenters. The van der Waals surface area contributed by atoms with E-state index in [9.17, 15) is 0 Å². The zero-order valence-corrected chi connectivity index (χ0v) is 6.23. The van der Waals surface area contributed by atoms with Crippen LogP contribution in [0.15, 0.2) is 0 Å². The largest absolute Gasteiger partial charge is 2.00 e. The third-order valence-electron chi connectivity index (χ3n) is 0. The summed E-state index contributed by atoms with van der Waals surface area (Å²) in [6, 6.07) is 0. The molecule has 0 saturated heterocycles. The molecular weight excluding hydrogens is 103 g/mol. The van der Waals surface area contributed by atoms with Crippen molar-refractivity contribution >= 4 is 43.7 Å². The quantitative estimate of drug-likeness (QED) is 0.291. The Kier molecular flexibility index (Phi) is 25.0. The fraction of sp³-hybridized carbons (Fsp3) is 0.500. The van der Waals surface area contributed by atoms with Crippen LogP contribution in [0.5, 0.6) is 0 Å². The zero-order chi connectivity index (χ0) is 3.58. The molecule has 0 aromatic carbocycles. The Morgan fingerprint density at radius 2 is 1.67 bits per heavy atom. The van der Waals surface area contributed by atoms with E-state index < -0.39 is 5.97 Å². The Morgan fingerprint density at radius 3 is 1.67 bits per heavy atom.